The highest BCUT2D eigenvalue weighted by molar-refractivity contribution is 5.71. The molecule has 5 unspecified atom stereocenters. The Morgan fingerprint density at radius 3 is 2.35 bits per heavy atom. The molecule has 2 fully saturated rings. The van der Waals surface area contributed by atoms with Crippen molar-refractivity contribution in [2.45, 2.75) is 77.5 Å². The molecular weight excluding hydrogens is 254 g/mol. The van der Waals surface area contributed by atoms with Crippen LogP contribution in [0.3, 0.4) is 0 Å². The lowest BCUT2D eigenvalue weighted by Gasteiger charge is -2.48. The van der Waals surface area contributed by atoms with Crippen molar-refractivity contribution in [1.82, 2.24) is 5.32 Å². The third kappa shape index (κ3) is 3.01. The molecule has 4 heteroatoms. The summed E-state index contributed by atoms with van der Waals surface area (Å²) >= 11 is 0. The molecule has 0 aromatic heterocycles. The van der Waals surface area contributed by atoms with Crippen molar-refractivity contribution in [3.63, 3.8) is 0 Å². The van der Waals surface area contributed by atoms with Crippen molar-refractivity contribution in [1.29, 1.82) is 0 Å². The van der Waals surface area contributed by atoms with E-state index in [1.807, 2.05) is 0 Å². The number of carboxylic acid groups (broad SMARTS) is 1. The third-order valence-corrected chi connectivity index (χ3v) is 5.90. The summed E-state index contributed by atoms with van der Waals surface area (Å²) in [6.07, 6.45) is 5.60. The van der Waals surface area contributed by atoms with E-state index in [1.165, 1.54) is 6.42 Å². The van der Waals surface area contributed by atoms with Gasteiger partial charge in [-0.25, -0.2) is 0 Å². The fourth-order valence-electron chi connectivity index (χ4n) is 4.05. The minimum absolute atomic E-state index is 0.188. The van der Waals surface area contributed by atoms with Gasteiger partial charge in [0.15, 0.2) is 0 Å². The molecular formula is C16H29NO3. The maximum atomic E-state index is 11.4. The Bertz CT molecular complexity index is 356. The van der Waals surface area contributed by atoms with Gasteiger partial charge in [-0.3, -0.25) is 4.79 Å². The number of hydrogen-bond acceptors (Lipinski definition) is 3. The number of carbonyl (C=O) groups is 1. The van der Waals surface area contributed by atoms with Crippen LogP contribution in [0.15, 0.2) is 0 Å². The van der Waals surface area contributed by atoms with Gasteiger partial charge in [0, 0.05) is 12.1 Å². The molecule has 0 amide bonds. The van der Waals surface area contributed by atoms with Crippen molar-refractivity contribution in [3.8, 4) is 0 Å². The predicted octanol–water partition coefficient (Wildman–Crippen LogP) is 2.41. The number of carboxylic acids is 1. The first-order valence-corrected chi connectivity index (χ1v) is 8.01. The van der Waals surface area contributed by atoms with Crippen molar-refractivity contribution in [3.05, 3.63) is 0 Å². The summed E-state index contributed by atoms with van der Waals surface area (Å²) < 4.78 is 0. The van der Waals surface area contributed by atoms with E-state index >= 15 is 0 Å². The SMILES string of the molecule is CC1C(NC2CCCCC2O)CCC(C(=O)O)C1(C)C. The maximum Gasteiger partial charge on any atom is 0.307 e. The average Bonchev–Trinajstić information content (AvgIpc) is 2.37. The van der Waals surface area contributed by atoms with Gasteiger partial charge < -0.3 is 15.5 Å². The summed E-state index contributed by atoms with van der Waals surface area (Å²) in [4.78, 5) is 11.4. The molecule has 116 valence electrons. The molecule has 3 N–H and O–H groups in total. The minimum atomic E-state index is -0.669. The highest BCUT2D eigenvalue weighted by atomic mass is 16.4. The van der Waals surface area contributed by atoms with Crippen LogP contribution in [0.1, 0.15) is 59.3 Å². The van der Waals surface area contributed by atoms with Gasteiger partial charge in [0.2, 0.25) is 0 Å². The first-order chi connectivity index (χ1) is 9.34. The molecule has 2 aliphatic rings. The van der Waals surface area contributed by atoms with Gasteiger partial charge in [0.1, 0.15) is 0 Å². The fraction of sp³-hybridized carbons (Fsp3) is 0.938. The summed E-state index contributed by atoms with van der Waals surface area (Å²) in [6, 6.07) is 0.506. The number of rotatable bonds is 3. The van der Waals surface area contributed by atoms with E-state index in [0.717, 1.165) is 32.1 Å². The van der Waals surface area contributed by atoms with Gasteiger partial charge in [0.25, 0.3) is 0 Å². The molecule has 0 radical (unpaired) electrons. The van der Waals surface area contributed by atoms with Crippen LogP contribution in [0.5, 0.6) is 0 Å². The topological polar surface area (TPSA) is 69.6 Å². The predicted molar refractivity (Wildman–Crippen MR) is 78.5 cm³/mol. The number of aliphatic hydroxyl groups is 1. The molecule has 2 saturated carbocycles. The van der Waals surface area contributed by atoms with Crippen molar-refractivity contribution in [2.24, 2.45) is 17.3 Å². The van der Waals surface area contributed by atoms with Crippen molar-refractivity contribution < 1.29 is 15.0 Å². The molecule has 0 bridgehead atoms. The van der Waals surface area contributed by atoms with Crippen LogP contribution >= 0.6 is 0 Å². The van der Waals surface area contributed by atoms with Crippen molar-refractivity contribution in [2.75, 3.05) is 0 Å². The van der Waals surface area contributed by atoms with Gasteiger partial charge in [-0.15, -0.1) is 0 Å². The van der Waals surface area contributed by atoms with Gasteiger partial charge in [-0.2, -0.15) is 0 Å². The smallest absolute Gasteiger partial charge is 0.307 e. The Labute approximate surface area is 122 Å². The number of hydrogen-bond donors (Lipinski definition) is 3. The average molecular weight is 283 g/mol. The summed E-state index contributed by atoms with van der Waals surface area (Å²) in [7, 11) is 0. The van der Waals surface area contributed by atoms with Crippen LogP contribution in [-0.2, 0) is 4.79 Å². The lowest BCUT2D eigenvalue weighted by atomic mass is 9.61. The first-order valence-electron chi connectivity index (χ1n) is 8.01. The molecule has 4 nitrogen and oxygen atoms in total. The van der Waals surface area contributed by atoms with Gasteiger partial charge >= 0.3 is 5.97 Å². The normalized spacial score (nSPS) is 41.3. The Balaban J connectivity index is 2.02. The van der Waals surface area contributed by atoms with E-state index < -0.39 is 5.97 Å². The van der Waals surface area contributed by atoms with E-state index in [1.54, 1.807) is 0 Å². The largest absolute Gasteiger partial charge is 0.481 e. The zero-order chi connectivity index (χ0) is 14.9. The van der Waals surface area contributed by atoms with Crippen LogP contribution in [-0.4, -0.2) is 34.4 Å². The standard InChI is InChI=1S/C16H29NO3/c1-10-12(17-13-6-4-5-7-14(13)18)9-8-11(15(19)20)16(10,2)3/h10-14,17-18H,4-9H2,1-3H3,(H,19,20). The highest BCUT2D eigenvalue weighted by Gasteiger charge is 2.46. The molecule has 0 aromatic carbocycles. The quantitative estimate of drug-likeness (QED) is 0.744. The molecule has 0 aromatic rings. The molecule has 0 saturated heterocycles. The number of aliphatic hydroxyl groups excluding tert-OH is 1. The minimum Gasteiger partial charge on any atom is -0.481 e. The van der Waals surface area contributed by atoms with Crippen LogP contribution in [0, 0.1) is 17.3 Å². The van der Waals surface area contributed by atoms with Gasteiger partial charge in [-0.05, 0) is 37.0 Å². The third-order valence-electron chi connectivity index (χ3n) is 5.90. The second-order valence-electron chi connectivity index (χ2n) is 7.31. The second-order valence-corrected chi connectivity index (χ2v) is 7.31. The lowest BCUT2D eigenvalue weighted by molar-refractivity contribution is -0.150. The van der Waals surface area contributed by atoms with Crippen LogP contribution in [0.25, 0.3) is 0 Å². The van der Waals surface area contributed by atoms with Gasteiger partial charge in [-0.1, -0.05) is 33.6 Å². The Kier molecular flexibility index (Phi) is 4.75. The Hall–Kier alpha value is -0.610. The first kappa shape index (κ1) is 15.8. The summed E-state index contributed by atoms with van der Waals surface area (Å²) in [5.41, 5.74) is -0.207. The monoisotopic (exact) mass is 283 g/mol. The zero-order valence-electron chi connectivity index (χ0n) is 12.9. The number of aliphatic carboxylic acids is 1. The van der Waals surface area contributed by atoms with Crippen LogP contribution < -0.4 is 5.32 Å². The molecule has 0 heterocycles. The highest BCUT2D eigenvalue weighted by Crippen LogP contribution is 2.45. The van der Waals surface area contributed by atoms with E-state index in [2.05, 4.69) is 26.1 Å². The maximum absolute atomic E-state index is 11.4. The molecule has 20 heavy (non-hydrogen) atoms. The Morgan fingerprint density at radius 2 is 1.75 bits per heavy atom. The van der Waals surface area contributed by atoms with Crippen molar-refractivity contribution >= 4 is 5.97 Å². The van der Waals surface area contributed by atoms with E-state index in [9.17, 15) is 15.0 Å². The summed E-state index contributed by atoms with van der Waals surface area (Å²) in [5, 5.41) is 23.1. The molecule has 0 spiro atoms. The van der Waals surface area contributed by atoms with Crippen LogP contribution in [0.4, 0.5) is 0 Å². The van der Waals surface area contributed by atoms with E-state index in [-0.39, 0.29) is 23.5 Å². The molecule has 2 aliphatic carbocycles. The van der Waals surface area contributed by atoms with E-state index in [0.29, 0.717) is 12.0 Å². The van der Waals surface area contributed by atoms with Gasteiger partial charge in [0.05, 0.1) is 12.0 Å². The number of nitrogens with one attached hydrogen (secondary N) is 1. The summed E-state index contributed by atoms with van der Waals surface area (Å²) in [6.45, 7) is 6.30. The molecule has 0 aliphatic heterocycles. The van der Waals surface area contributed by atoms with E-state index in [4.69, 9.17) is 0 Å². The zero-order valence-corrected chi connectivity index (χ0v) is 12.9. The lowest BCUT2D eigenvalue weighted by Crippen LogP contribution is -2.56. The Morgan fingerprint density at radius 1 is 1.10 bits per heavy atom. The second kappa shape index (κ2) is 6.02. The fourth-order valence-corrected chi connectivity index (χ4v) is 4.05. The molecule has 2 rings (SSSR count). The summed E-state index contributed by atoms with van der Waals surface area (Å²) in [5.74, 6) is -0.628. The van der Waals surface area contributed by atoms with Crippen LogP contribution in [0.2, 0.25) is 0 Å². The molecule has 5 atom stereocenters.